The first-order valence-corrected chi connectivity index (χ1v) is 8.09. The molecule has 2 aromatic carbocycles. The molecular weight excluding hydrogens is 286 g/mol. The van der Waals surface area contributed by atoms with Gasteiger partial charge in [0.05, 0.1) is 4.90 Å². The second-order valence-electron chi connectivity index (χ2n) is 5.93. The van der Waals surface area contributed by atoms with Gasteiger partial charge in [-0.25, -0.2) is 8.42 Å². The number of sulfonamides is 1. The zero-order valence-electron chi connectivity index (χ0n) is 12.3. The number of hydrogen-bond donors (Lipinski definition) is 2. The minimum atomic E-state index is -3.62. The van der Waals surface area contributed by atoms with E-state index in [2.05, 4.69) is 25.5 Å². The predicted molar refractivity (Wildman–Crippen MR) is 84.1 cm³/mol. The monoisotopic (exact) mass is 305 g/mol. The standard InChI is InChI=1S/C16H19NO3S/c1-16(2,3)12-4-10-15(11-5-12)21(19,20)17-13-6-8-14(18)9-7-13/h4-11,17-18H,1-3H3. The maximum absolute atomic E-state index is 12.3. The van der Waals surface area contributed by atoms with Crippen molar-refractivity contribution in [3.63, 3.8) is 0 Å². The zero-order valence-corrected chi connectivity index (χ0v) is 13.1. The fourth-order valence-electron chi connectivity index (χ4n) is 1.88. The highest BCUT2D eigenvalue weighted by molar-refractivity contribution is 7.92. The minimum Gasteiger partial charge on any atom is -0.508 e. The van der Waals surface area contributed by atoms with E-state index in [1.165, 1.54) is 24.3 Å². The Hall–Kier alpha value is -2.01. The molecule has 2 N–H and O–H groups in total. The molecule has 0 fully saturated rings. The topological polar surface area (TPSA) is 66.4 Å². The van der Waals surface area contributed by atoms with Crippen LogP contribution in [0.15, 0.2) is 53.4 Å². The summed E-state index contributed by atoms with van der Waals surface area (Å²) >= 11 is 0. The molecule has 2 aromatic rings. The molecule has 0 atom stereocenters. The Balaban J connectivity index is 2.25. The lowest BCUT2D eigenvalue weighted by Gasteiger charge is -2.19. The Morgan fingerprint density at radius 1 is 0.905 bits per heavy atom. The van der Waals surface area contributed by atoms with Gasteiger partial charge in [-0.2, -0.15) is 0 Å². The summed E-state index contributed by atoms with van der Waals surface area (Å²) in [6, 6.07) is 12.7. The lowest BCUT2D eigenvalue weighted by Crippen LogP contribution is -2.14. The molecule has 21 heavy (non-hydrogen) atoms. The average Bonchev–Trinajstić information content (AvgIpc) is 2.40. The first kappa shape index (κ1) is 15.4. The highest BCUT2D eigenvalue weighted by Crippen LogP contribution is 2.24. The summed E-state index contributed by atoms with van der Waals surface area (Å²) in [5.41, 5.74) is 1.46. The van der Waals surface area contributed by atoms with Gasteiger partial charge >= 0.3 is 0 Å². The summed E-state index contributed by atoms with van der Waals surface area (Å²) in [6.07, 6.45) is 0. The Labute approximate surface area is 125 Å². The van der Waals surface area contributed by atoms with Gasteiger partial charge in [-0.15, -0.1) is 0 Å². The zero-order chi connectivity index (χ0) is 15.7. The number of nitrogens with one attached hydrogen (secondary N) is 1. The van der Waals surface area contributed by atoms with Crippen molar-refractivity contribution in [2.75, 3.05) is 4.72 Å². The quantitative estimate of drug-likeness (QED) is 0.853. The summed E-state index contributed by atoms with van der Waals surface area (Å²) < 4.78 is 27.0. The smallest absolute Gasteiger partial charge is 0.261 e. The van der Waals surface area contributed by atoms with Crippen molar-refractivity contribution >= 4 is 15.7 Å². The molecule has 0 radical (unpaired) electrons. The van der Waals surface area contributed by atoms with E-state index in [9.17, 15) is 13.5 Å². The first-order chi connectivity index (χ1) is 9.68. The second-order valence-corrected chi connectivity index (χ2v) is 7.61. The van der Waals surface area contributed by atoms with Crippen molar-refractivity contribution in [1.29, 1.82) is 0 Å². The second kappa shape index (κ2) is 5.41. The highest BCUT2D eigenvalue weighted by atomic mass is 32.2. The molecule has 0 bridgehead atoms. The van der Waals surface area contributed by atoms with Crippen LogP contribution in [0.3, 0.4) is 0 Å². The molecule has 0 spiro atoms. The fourth-order valence-corrected chi connectivity index (χ4v) is 2.94. The molecule has 0 heterocycles. The Bertz CT molecular complexity index is 712. The molecule has 0 saturated heterocycles. The summed E-state index contributed by atoms with van der Waals surface area (Å²) in [5, 5.41) is 9.20. The van der Waals surface area contributed by atoms with Gasteiger partial charge in [-0.3, -0.25) is 4.72 Å². The number of rotatable bonds is 3. The van der Waals surface area contributed by atoms with E-state index >= 15 is 0 Å². The van der Waals surface area contributed by atoms with Gasteiger partial charge in [0.1, 0.15) is 5.75 Å². The van der Waals surface area contributed by atoms with Crippen LogP contribution in [0.2, 0.25) is 0 Å². The number of benzene rings is 2. The van der Waals surface area contributed by atoms with E-state index in [1.54, 1.807) is 12.1 Å². The molecule has 0 aliphatic carbocycles. The van der Waals surface area contributed by atoms with Crippen LogP contribution in [0.25, 0.3) is 0 Å². The lowest BCUT2D eigenvalue weighted by molar-refractivity contribution is 0.475. The van der Waals surface area contributed by atoms with E-state index in [-0.39, 0.29) is 16.1 Å². The summed E-state index contributed by atoms with van der Waals surface area (Å²) in [4.78, 5) is 0.212. The van der Waals surface area contributed by atoms with Crippen LogP contribution >= 0.6 is 0 Å². The van der Waals surface area contributed by atoms with Crippen LogP contribution in [0, 0.1) is 0 Å². The fraction of sp³-hybridized carbons (Fsp3) is 0.250. The number of phenolic OH excluding ortho intramolecular Hbond substituents is 1. The molecule has 4 nitrogen and oxygen atoms in total. The van der Waals surface area contributed by atoms with Crippen molar-refractivity contribution < 1.29 is 13.5 Å². The highest BCUT2D eigenvalue weighted by Gasteiger charge is 2.17. The van der Waals surface area contributed by atoms with Crippen molar-refractivity contribution in [2.45, 2.75) is 31.1 Å². The number of aromatic hydroxyl groups is 1. The summed E-state index contributed by atoms with van der Waals surface area (Å²) in [7, 11) is -3.62. The van der Waals surface area contributed by atoms with E-state index in [4.69, 9.17) is 0 Å². The predicted octanol–water partition coefficient (Wildman–Crippen LogP) is 3.49. The third-order valence-electron chi connectivity index (χ3n) is 3.15. The molecular formula is C16H19NO3S. The van der Waals surface area contributed by atoms with E-state index in [1.807, 2.05) is 12.1 Å². The Morgan fingerprint density at radius 3 is 1.90 bits per heavy atom. The first-order valence-electron chi connectivity index (χ1n) is 6.61. The van der Waals surface area contributed by atoms with E-state index in [0.717, 1.165) is 5.56 Å². The lowest BCUT2D eigenvalue weighted by atomic mass is 9.87. The third kappa shape index (κ3) is 3.76. The molecule has 0 saturated carbocycles. The van der Waals surface area contributed by atoms with Crippen LogP contribution in [-0.2, 0) is 15.4 Å². The largest absolute Gasteiger partial charge is 0.508 e. The number of phenols is 1. The molecule has 5 heteroatoms. The molecule has 0 unspecified atom stereocenters. The van der Waals surface area contributed by atoms with Crippen molar-refractivity contribution in [3.05, 3.63) is 54.1 Å². The Kier molecular flexibility index (Phi) is 3.96. The van der Waals surface area contributed by atoms with Gasteiger partial charge < -0.3 is 5.11 Å². The van der Waals surface area contributed by atoms with Gasteiger partial charge in [0.2, 0.25) is 0 Å². The van der Waals surface area contributed by atoms with Gasteiger partial charge in [-0.05, 0) is 47.4 Å². The van der Waals surface area contributed by atoms with E-state index < -0.39 is 10.0 Å². The minimum absolute atomic E-state index is 0.0212. The van der Waals surface area contributed by atoms with Crippen LogP contribution in [-0.4, -0.2) is 13.5 Å². The van der Waals surface area contributed by atoms with Gasteiger partial charge in [0.25, 0.3) is 10.0 Å². The van der Waals surface area contributed by atoms with Crippen molar-refractivity contribution in [1.82, 2.24) is 0 Å². The third-order valence-corrected chi connectivity index (χ3v) is 4.55. The molecule has 0 aliphatic rings. The SMILES string of the molecule is CC(C)(C)c1ccc(S(=O)(=O)Nc2ccc(O)cc2)cc1. The van der Waals surface area contributed by atoms with Gasteiger partial charge in [0, 0.05) is 5.69 Å². The van der Waals surface area contributed by atoms with Gasteiger partial charge in [0.15, 0.2) is 0 Å². The molecule has 0 aromatic heterocycles. The normalized spacial score (nSPS) is 12.1. The number of anilines is 1. The molecule has 2 rings (SSSR count). The maximum atomic E-state index is 12.3. The van der Waals surface area contributed by atoms with Crippen molar-refractivity contribution in [2.24, 2.45) is 0 Å². The van der Waals surface area contributed by atoms with Crippen molar-refractivity contribution in [3.8, 4) is 5.75 Å². The molecule has 112 valence electrons. The Morgan fingerprint density at radius 2 is 1.43 bits per heavy atom. The van der Waals surface area contributed by atoms with Crippen LogP contribution in [0.1, 0.15) is 26.3 Å². The molecule has 0 amide bonds. The summed E-state index contributed by atoms with van der Waals surface area (Å²) in [6.45, 7) is 6.22. The van der Waals surface area contributed by atoms with Crippen LogP contribution < -0.4 is 4.72 Å². The van der Waals surface area contributed by atoms with Gasteiger partial charge in [-0.1, -0.05) is 32.9 Å². The summed E-state index contributed by atoms with van der Waals surface area (Å²) in [5.74, 6) is 0.0903. The van der Waals surface area contributed by atoms with Crippen LogP contribution in [0.5, 0.6) is 5.75 Å². The maximum Gasteiger partial charge on any atom is 0.261 e. The van der Waals surface area contributed by atoms with Crippen LogP contribution in [0.4, 0.5) is 5.69 Å². The average molecular weight is 305 g/mol. The molecule has 0 aliphatic heterocycles. The number of hydrogen-bond acceptors (Lipinski definition) is 3. The van der Waals surface area contributed by atoms with E-state index in [0.29, 0.717) is 5.69 Å².